The lowest BCUT2D eigenvalue weighted by molar-refractivity contribution is -0.119. The van der Waals surface area contributed by atoms with E-state index in [2.05, 4.69) is 10.2 Å². The second-order valence-electron chi connectivity index (χ2n) is 10.7. The zero-order chi connectivity index (χ0) is 26.2. The SMILES string of the molecule is CC(=O)N1c2ccc(N3CCN(C(=O)OC(C)(C)C)C(C)C3)nc2[C@H](Nc2ccccc2)[C@@H](C)[C@@H]1O. The van der Waals surface area contributed by atoms with E-state index in [1.165, 1.54) is 11.8 Å². The number of aromatic nitrogens is 1. The normalized spacial score (nSPS) is 24.2. The van der Waals surface area contributed by atoms with Crippen molar-refractivity contribution >= 4 is 29.2 Å². The summed E-state index contributed by atoms with van der Waals surface area (Å²) in [6, 6.07) is 13.2. The summed E-state index contributed by atoms with van der Waals surface area (Å²) >= 11 is 0. The fourth-order valence-electron chi connectivity index (χ4n) is 4.89. The summed E-state index contributed by atoms with van der Waals surface area (Å²) in [6.45, 7) is 12.7. The number of carbonyl (C=O) groups excluding carboxylic acids is 2. The van der Waals surface area contributed by atoms with Crippen molar-refractivity contribution in [2.75, 3.05) is 34.8 Å². The topological polar surface area (TPSA) is 98.2 Å². The molecule has 0 saturated carbocycles. The predicted molar refractivity (Wildman–Crippen MR) is 140 cm³/mol. The summed E-state index contributed by atoms with van der Waals surface area (Å²) in [7, 11) is 0. The molecule has 4 rings (SSSR count). The van der Waals surface area contributed by atoms with Crippen LogP contribution in [0.25, 0.3) is 0 Å². The van der Waals surface area contributed by atoms with E-state index in [0.717, 1.165) is 11.5 Å². The van der Waals surface area contributed by atoms with Crippen LogP contribution in [0, 0.1) is 5.92 Å². The van der Waals surface area contributed by atoms with Gasteiger partial charge in [0.2, 0.25) is 5.91 Å². The van der Waals surface area contributed by atoms with Crippen molar-refractivity contribution < 1.29 is 19.4 Å². The largest absolute Gasteiger partial charge is 0.444 e. The fraction of sp³-hybridized carbons (Fsp3) is 0.519. The van der Waals surface area contributed by atoms with Crippen LogP contribution in [0.3, 0.4) is 0 Å². The molecule has 0 aliphatic carbocycles. The summed E-state index contributed by atoms with van der Waals surface area (Å²) < 4.78 is 5.57. The number of aliphatic hydroxyl groups excluding tert-OH is 1. The number of benzene rings is 1. The molecule has 2 aliphatic rings. The van der Waals surface area contributed by atoms with Crippen LogP contribution in [-0.4, -0.2) is 64.5 Å². The van der Waals surface area contributed by atoms with Crippen molar-refractivity contribution in [1.82, 2.24) is 9.88 Å². The molecule has 2 amide bonds. The Morgan fingerprint density at radius 3 is 2.39 bits per heavy atom. The van der Waals surface area contributed by atoms with Crippen LogP contribution in [0.5, 0.6) is 0 Å². The number of nitrogens with one attached hydrogen (secondary N) is 1. The number of rotatable bonds is 3. The van der Waals surface area contributed by atoms with E-state index in [-0.39, 0.29) is 30.0 Å². The Hall–Kier alpha value is -3.33. The van der Waals surface area contributed by atoms with Crippen LogP contribution >= 0.6 is 0 Å². The van der Waals surface area contributed by atoms with E-state index < -0.39 is 11.8 Å². The van der Waals surface area contributed by atoms with E-state index in [1.807, 2.05) is 77.1 Å². The zero-order valence-corrected chi connectivity index (χ0v) is 21.9. The number of amides is 2. The maximum Gasteiger partial charge on any atom is 0.410 e. The molecule has 0 radical (unpaired) electrons. The summed E-state index contributed by atoms with van der Waals surface area (Å²) in [5.74, 6) is 0.242. The lowest BCUT2D eigenvalue weighted by Crippen LogP contribution is -2.55. The highest BCUT2D eigenvalue weighted by atomic mass is 16.6. The van der Waals surface area contributed by atoms with Crippen molar-refractivity contribution in [3.05, 3.63) is 48.2 Å². The molecular formula is C27H37N5O4. The number of piperazine rings is 1. The quantitative estimate of drug-likeness (QED) is 0.664. The lowest BCUT2D eigenvalue weighted by atomic mass is 9.89. The molecule has 194 valence electrons. The first kappa shape index (κ1) is 25.8. The molecule has 0 bridgehead atoms. The summed E-state index contributed by atoms with van der Waals surface area (Å²) in [4.78, 5) is 35.5. The third-order valence-electron chi connectivity index (χ3n) is 6.72. The standard InChI is InChI=1S/C27H37N5O4/c1-17-16-30(14-15-31(17)26(35)36-27(4,5)6)22-13-12-21-24(29-22)23(28-20-10-8-7-9-11-20)18(2)25(34)32(21)19(3)33/h7-13,17-18,23,25,28,34H,14-16H2,1-6H3/t17?,18-,23-,25+/m1/s1. The van der Waals surface area contributed by atoms with Gasteiger partial charge in [0, 0.05) is 44.2 Å². The van der Waals surface area contributed by atoms with Crippen molar-refractivity contribution in [2.45, 2.75) is 65.5 Å². The van der Waals surface area contributed by atoms with Gasteiger partial charge in [0.15, 0.2) is 0 Å². The van der Waals surface area contributed by atoms with Crippen LogP contribution in [0.2, 0.25) is 0 Å². The number of nitrogens with zero attached hydrogens (tertiary/aromatic N) is 4. The van der Waals surface area contributed by atoms with Gasteiger partial charge in [0.25, 0.3) is 0 Å². The minimum absolute atomic E-state index is 0.0564. The first-order valence-corrected chi connectivity index (χ1v) is 12.5. The Morgan fingerprint density at radius 1 is 1.08 bits per heavy atom. The molecular weight excluding hydrogens is 458 g/mol. The van der Waals surface area contributed by atoms with Crippen molar-refractivity contribution in [3.8, 4) is 0 Å². The second kappa shape index (κ2) is 9.97. The van der Waals surface area contributed by atoms with Crippen molar-refractivity contribution in [2.24, 2.45) is 5.92 Å². The Bertz CT molecular complexity index is 1100. The Kier molecular flexibility index (Phi) is 7.13. The van der Waals surface area contributed by atoms with Crippen molar-refractivity contribution in [1.29, 1.82) is 0 Å². The molecule has 1 unspecified atom stereocenters. The minimum atomic E-state index is -0.971. The highest BCUT2D eigenvalue weighted by Crippen LogP contribution is 2.42. The third kappa shape index (κ3) is 5.26. The molecule has 2 aliphatic heterocycles. The van der Waals surface area contributed by atoms with E-state index >= 15 is 0 Å². The van der Waals surface area contributed by atoms with Gasteiger partial charge in [-0.1, -0.05) is 25.1 Å². The molecule has 36 heavy (non-hydrogen) atoms. The first-order valence-electron chi connectivity index (χ1n) is 12.5. The number of pyridine rings is 1. The average molecular weight is 496 g/mol. The van der Waals surface area contributed by atoms with Gasteiger partial charge in [-0.25, -0.2) is 9.78 Å². The number of carbonyl (C=O) groups is 2. The number of fused-ring (bicyclic) bond motifs is 1. The Labute approximate surface area is 213 Å². The van der Waals surface area contributed by atoms with Gasteiger partial charge in [0.1, 0.15) is 17.6 Å². The van der Waals surface area contributed by atoms with Gasteiger partial charge in [-0.15, -0.1) is 0 Å². The molecule has 1 fully saturated rings. The van der Waals surface area contributed by atoms with Gasteiger partial charge < -0.3 is 25.0 Å². The molecule has 3 heterocycles. The highest BCUT2D eigenvalue weighted by molar-refractivity contribution is 5.93. The van der Waals surface area contributed by atoms with Crippen molar-refractivity contribution in [3.63, 3.8) is 0 Å². The van der Waals surface area contributed by atoms with Gasteiger partial charge in [-0.05, 0) is 52.0 Å². The van der Waals surface area contributed by atoms with E-state index in [0.29, 0.717) is 31.0 Å². The summed E-state index contributed by atoms with van der Waals surface area (Å²) in [5.41, 5.74) is 1.69. The molecule has 9 nitrogen and oxygen atoms in total. The number of para-hydroxylation sites is 1. The van der Waals surface area contributed by atoms with Crippen LogP contribution < -0.4 is 15.1 Å². The molecule has 1 saturated heterocycles. The Morgan fingerprint density at radius 2 is 1.78 bits per heavy atom. The van der Waals surface area contributed by atoms with Gasteiger partial charge in [-0.2, -0.15) is 0 Å². The highest BCUT2D eigenvalue weighted by Gasteiger charge is 2.41. The third-order valence-corrected chi connectivity index (χ3v) is 6.72. The minimum Gasteiger partial charge on any atom is -0.444 e. The Balaban J connectivity index is 1.62. The second-order valence-corrected chi connectivity index (χ2v) is 10.7. The predicted octanol–water partition coefficient (Wildman–Crippen LogP) is 4.00. The van der Waals surface area contributed by atoms with E-state index in [4.69, 9.17) is 9.72 Å². The van der Waals surface area contributed by atoms with Gasteiger partial charge >= 0.3 is 6.09 Å². The molecule has 9 heteroatoms. The molecule has 0 spiro atoms. The monoisotopic (exact) mass is 495 g/mol. The number of hydrogen-bond acceptors (Lipinski definition) is 7. The number of ether oxygens (including phenoxy) is 1. The van der Waals surface area contributed by atoms with Gasteiger partial charge in [-0.3, -0.25) is 9.69 Å². The van der Waals surface area contributed by atoms with Crippen LogP contribution in [0.4, 0.5) is 22.0 Å². The molecule has 4 atom stereocenters. The number of anilines is 3. The zero-order valence-electron chi connectivity index (χ0n) is 21.9. The maximum atomic E-state index is 12.6. The molecule has 2 aromatic rings. The number of hydrogen-bond donors (Lipinski definition) is 2. The van der Waals surface area contributed by atoms with Crippen LogP contribution in [0.1, 0.15) is 53.3 Å². The average Bonchev–Trinajstić information content (AvgIpc) is 2.81. The van der Waals surface area contributed by atoms with Crippen LogP contribution in [0.15, 0.2) is 42.5 Å². The summed E-state index contributed by atoms with van der Waals surface area (Å²) in [6.07, 6.45) is -1.28. The molecule has 1 aromatic carbocycles. The molecule has 2 N–H and O–H groups in total. The first-order chi connectivity index (χ1) is 17.0. The summed E-state index contributed by atoms with van der Waals surface area (Å²) in [5, 5.41) is 14.5. The maximum absolute atomic E-state index is 12.6. The van der Waals surface area contributed by atoms with E-state index in [1.54, 1.807) is 4.90 Å². The lowest BCUT2D eigenvalue weighted by Gasteiger charge is -2.43. The molecule has 1 aromatic heterocycles. The van der Waals surface area contributed by atoms with E-state index in [9.17, 15) is 14.7 Å². The number of aliphatic hydroxyl groups is 1. The smallest absolute Gasteiger partial charge is 0.410 e. The van der Waals surface area contributed by atoms with Crippen LogP contribution in [-0.2, 0) is 9.53 Å². The van der Waals surface area contributed by atoms with Gasteiger partial charge in [0.05, 0.1) is 17.4 Å². The fourth-order valence-corrected chi connectivity index (χ4v) is 4.89.